The van der Waals surface area contributed by atoms with Crippen molar-refractivity contribution in [2.24, 2.45) is 5.73 Å². The van der Waals surface area contributed by atoms with Gasteiger partial charge < -0.3 is 21.1 Å². The summed E-state index contributed by atoms with van der Waals surface area (Å²) in [7, 11) is -1.25. The van der Waals surface area contributed by atoms with Gasteiger partial charge >= 0.3 is 0 Å². The number of amides is 2. The van der Waals surface area contributed by atoms with Crippen molar-refractivity contribution >= 4 is 45.7 Å². The van der Waals surface area contributed by atoms with E-state index in [0.717, 1.165) is 25.7 Å². The molecule has 1 aliphatic carbocycles. The largest absolute Gasteiger partial charge is 0.490 e. The van der Waals surface area contributed by atoms with Crippen LogP contribution >= 0.6 is 11.6 Å². The second-order valence-electron chi connectivity index (χ2n) is 8.44. The number of halogens is 1. The van der Waals surface area contributed by atoms with Gasteiger partial charge in [0.05, 0.1) is 22.4 Å². The lowest BCUT2D eigenvalue weighted by Gasteiger charge is -2.27. The number of pyridine rings is 2. The van der Waals surface area contributed by atoms with Gasteiger partial charge in [-0.1, -0.05) is 11.6 Å². The third-order valence-electron chi connectivity index (χ3n) is 5.78. The number of anilines is 2. The molecule has 2 aromatic heterocycles. The van der Waals surface area contributed by atoms with Crippen LogP contribution in [0.2, 0.25) is 5.02 Å². The SMILES string of the molecule is CS(=O)c1ccc(C(=O)Nc2cccnc2C(=O)Nc2ccc(Cl)cn2)c(OC2CCC(N)CC2)c1. The van der Waals surface area contributed by atoms with E-state index in [-0.39, 0.29) is 29.1 Å². The van der Waals surface area contributed by atoms with E-state index in [1.165, 1.54) is 12.4 Å². The van der Waals surface area contributed by atoms with E-state index in [1.807, 2.05) is 0 Å². The molecule has 2 heterocycles. The van der Waals surface area contributed by atoms with Gasteiger partial charge in [-0.05, 0) is 68.1 Å². The summed E-state index contributed by atoms with van der Waals surface area (Å²) in [6.07, 6.45) is 7.54. The Hall–Kier alpha value is -3.34. The Kier molecular flexibility index (Phi) is 8.29. The van der Waals surface area contributed by atoms with Crippen LogP contribution in [0.5, 0.6) is 5.75 Å². The average molecular weight is 528 g/mol. The van der Waals surface area contributed by atoms with Gasteiger partial charge in [0.15, 0.2) is 5.69 Å². The van der Waals surface area contributed by atoms with Crippen molar-refractivity contribution in [1.29, 1.82) is 0 Å². The van der Waals surface area contributed by atoms with E-state index in [9.17, 15) is 13.8 Å². The monoisotopic (exact) mass is 527 g/mol. The lowest BCUT2D eigenvalue weighted by Crippen LogP contribution is -2.32. The molecule has 1 unspecified atom stereocenters. The molecule has 3 aromatic rings. The predicted molar refractivity (Wildman–Crippen MR) is 139 cm³/mol. The van der Waals surface area contributed by atoms with Gasteiger partial charge in [0, 0.05) is 40.4 Å². The first-order valence-corrected chi connectivity index (χ1v) is 13.3. The molecule has 2 amide bonds. The molecule has 0 saturated heterocycles. The Bertz CT molecular complexity index is 1280. The van der Waals surface area contributed by atoms with Crippen LogP contribution in [0.15, 0.2) is 59.8 Å². The van der Waals surface area contributed by atoms with Crippen LogP contribution in [0.4, 0.5) is 11.5 Å². The van der Waals surface area contributed by atoms with Crippen molar-refractivity contribution in [3.63, 3.8) is 0 Å². The number of hydrogen-bond donors (Lipinski definition) is 3. The minimum atomic E-state index is -1.25. The van der Waals surface area contributed by atoms with Gasteiger partial charge in [-0.3, -0.25) is 13.8 Å². The Morgan fingerprint density at radius 1 is 1.06 bits per heavy atom. The fourth-order valence-electron chi connectivity index (χ4n) is 3.85. The fourth-order valence-corrected chi connectivity index (χ4v) is 4.50. The molecule has 1 atom stereocenters. The molecule has 1 fully saturated rings. The van der Waals surface area contributed by atoms with Gasteiger partial charge in [-0.15, -0.1) is 0 Å². The molecule has 0 radical (unpaired) electrons. The van der Waals surface area contributed by atoms with Crippen LogP contribution in [0.3, 0.4) is 0 Å². The van der Waals surface area contributed by atoms with Crippen molar-refractivity contribution in [1.82, 2.24) is 9.97 Å². The number of rotatable bonds is 7. The molecular formula is C25H26ClN5O4S. The second-order valence-corrected chi connectivity index (χ2v) is 10.3. The van der Waals surface area contributed by atoms with E-state index in [0.29, 0.717) is 21.5 Å². The Morgan fingerprint density at radius 2 is 1.83 bits per heavy atom. The Morgan fingerprint density at radius 3 is 2.53 bits per heavy atom. The van der Waals surface area contributed by atoms with E-state index in [4.69, 9.17) is 22.1 Å². The summed E-state index contributed by atoms with van der Waals surface area (Å²) >= 11 is 5.85. The van der Waals surface area contributed by atoms with Gasteiger partial charge in [0.2, 0.25) is 0 Å². The molecule has 0 spiro atoms. The molecule has 4 N–H and O–H groups in total. The summed E-state index contributed by atoms with van der Waals surface area (Å²) in [6.45, 7) is 0. The van der Waals surface area contributed by atoms with Crippen molar-refractivity contribution in [3.8, 4) is 5.75 Å². The topological polar surface area (TPSA) is 136 Å². The highest BCUT2D eigenvalue weighted by Crippen LogP contribution is 2.29. The summed E-state index contributed by atoms with van der Waals surface area (Å²) in [5.41, 5.74) is 6.49. The third kappa shape index (κ3) is 6.45. The molecule has 1 saturated carbocycles. The Labute approximate surface area is 216 Å². The molecule has 4 rings (SSSR count). The lowest BCUT2D eigenvalue weighted by atomic mass is 9.93. The first-order chi connectivity index (χ1) is 17.3. The molecule has 1 aliphatic rings. The smallest absolute Gasteiger partial charge is 0.277 e. The first kappa shape index (κ1) is 25.7. The number of benzene rings is 1. The summed E-state index contributed by atoms with van der Waals surface area (Å²) in [6, 6.07) is 11.3. The second kappa shape index (κ2) is 11.6. The first-order valence-electron chi connectivity index (χ1n) is 11.4. The van der Waals surface area contributed by atoms with E-state index >= 15 is 0 Å². The number of carbonyl (C=O) groups is 2. The molecule has 9 nitrogen and oxygen atoms in total. The zero-order valence-electron chi connectivity index (χ0n) is 19.6. The number of nitrogens with one attached hydrogen (secondary N) is 2. The van der Waals surface area contributed by atoms with Crippen molar-refractivity contribution < 1.29 is 18.5 Å². The number of hydrogen-bond acceptors (Lipinski definition) is 7. The Balaban J connectivity index is 1.56. The normalized spacial score (nSPS) is 18.2. The van der Waals surface area contributed by atoms with Gasteiger partial charge in [0.1, 0.15) is 11.6 Å². The van der Waals surface area contributed by atoms with Crippen LogP contribution in [0, 0.1) is 0 Å². The van der Waals surface area contributed by atoms with Gasteiger partial charge in [-0.2, -0.15) is 0 Å². The van der Waals surface area contributed by atoms with Crippen molar-refractivity contribution in [3.05, 3.63) is 71.1 Å². The molecule has 36 heavy (non-hydrogen) atoms. The summed E-state index contributed by atoms with van der Waals surface area (Å²) in [4.78, 5) is 34.9. The summed E-state index contributed by atoms with van der Waals surface area (Å²) in [5, 5.41) is 5.83. The highest BCUT2D eigenvalue weighted by atomic mass is 35.5. The van der Waals surface area contributed by atoms with Crippen LogP contribution < -0.4 is 21.1 Å². The average Bonchev–Trinajstić information content (AvgIpc) is 2.87. The summed E-state index contributed by atoms with van der Waals surface area (Å²) < 4.78 is 18.3. The minimum absolute atomic E-state index is 0.0117. The molecule has 188 valence electrons. The third-order valence-corrected chi connectivity index (χ3v) is 6.92. The number of ether oxygens (including phenoxy) is 1. The predicted octanol–water partition coefficient (Wildman–Crippen LogP) is 4.02. The molecule has 0 bridgehead atoms. The fraction of sp³-hybridized carbons (Fsp3) is 0.280. The maximum absolute atomic E-state index is 13.3. The number of nitrogens with two attached hydrogens (primary N) is 1. The highest BCUT2D eigenvalue weighted by molar-refractivity contribution is 7.84. The van der Waals surface area contributed by atoms with E-state index in [1.54, 1.807) is 48.7 Å². The minimum Gasteiger partial charge on any atom is -0.490 e. The molecule has 1 aromatic carbocycles. The van der Waals surface area contributed by atoms with Gasteiger partial charge in [0.25, 0.3) is 11.8 Å². The number of carbonyl (C=O) groups excluding carboxylic acids is 2. The van der Waals surface area contributed by atoms with Crippen molar-refractivity contribution in [2.75, 3.05) is 16.9 Å². The van der Waals surface area contributed by atoms with Crippen LogP contribution in [-0.4, -0.2) is 44.4 Å². The zero-order chi connectivity index (χ0) is 25.7. The lowest BCUT2D eigenvalue weighted by molar-refractivity contribution is 0.101. The summed E-state index contributed by atoms with van der Waals surface area (Å²) in [5.74, 6) is -0.413. The number of aromatic nitrogens is 2. The van der Waals surface area contributed by atoms with E-state index in [2.05, 4.69) is 20.6 Å². The van der Waals surface area contributed by atoms with E-state index < -0.39 is 22.6 Å². The van der Waals surface area contributed by atoms with Crippen LogP contribution in [0.1, 0.15) is 46.5 Å². The van der Waals surface area contributed by atoms with Gasteiger partial charge in [-0.25, -0.2) is 9.97 Å². The van der Waals surface area contributed by atoms with Crippen molar-refractivity contribution in [2.45, 2.75) is 42.7 Å². The van der Waals surface area contributed by atoms with Crippen LogP contribution in [0.25, 0.3) is 0 Å². The quantitative estimate of drug-likeness (QED) is 0.422. The standard InChI is InChI=1S/C25H26ClN5O4S/c1-36(34)18-9-10-19(21(13-18)35-17-7-5-16(27)6-8-17)24(32)30-20-3-2-12-28-23(20)25(33)31-22-11-4-15(26)14-29-22/h2-4,9-14,16-17H,5-8,27H2,1H3,(H,30,32)(H,29,31,33). The number of nitrogens with zero attached hydrogens (tertiary/aromatic N) is 2. The maximum Gasteiger partial charge on any atom is 0.277 e. The van der Waals surface area contributed by atoms with Crippen LogP contribution in [-0.2, 0) is 10.8 Å². The molecule has 0 aliphatic heterocycles. The zero-order valence-corrected chi connectivity index (χ0v) is 21.1. The molecule has 11 heteroatoms. The molecular weight excluding hydrogens is 502 g/mol. The highest BCUT2D eigenvalue weighted by Gasteiger charge is 2.24. The maximum atomic E-state index is 13.3.